The van der Waals surface area contributed by atoms with E-state index in [1.807, 2.05) is 6.07 Å². The predicted octanol–water partition coefficient (Wildman–Crippen LogP) is 9.41. The summed E-state index contributed by atoms with van der Waals surface area (Å²) in [6.07, 6.45) is 24.9. The number of hydrogen-bond acceptors (Lipinski definition) is 2. The van der Waals surface area contributed by atoms with Crippen molar-refractivity contribution in [2.75, 3.05) is 6.54 Å². The molecule has 33 heavy (non-hydrogen) atoms. The number of benzene rings is 1. The Balaban J connectivity index is 1.74. The first-order chi connectivity index (χ1) is 16.3. The second-order valence-corrected chi connectivity index (χ2v) is 10.1. The smallest absolute Gasteiger partial charge is 0.134 e. The maximum atomic E-state index is 12.0. The highest BCUT2D eigenvalue weighted by atomic mass is 16.1. The Bertz CT molecular complexity index is 537. The summed E-state index contributed by atoms with van der Waals surface area (Å²) < 4.78 is 0. The molecule has 0 aromatic heterocycles. The second-order valence-electron chi connectivity index (χ2n) is 10.1. The first-order valence-corrected chi connectivity index (χ1v) is 14.5. The fourth-order valence-electron chi connectivity index (χ4n) is 4.75. The molecule has 1 aromatic carbocycles. The molecule has 0 aliphatic heterocycles. The van der Waals surface area contributed by atoms with Gasteiger partial charge in [0.1, 0.15) is 5.78 Å². The van der Waals surface area contributed by atoms with Crippen LogP contribution in [0.1, 0.15) is 141 Å². The minimum Gasteiger partial charge on any atom is -0.312 e. The van der Waals surface area contributed by atoms with Gasteiger partial charge < -0.3 is 5.32 Å². The number of hydrogen-bond donors (Lipinski definition) is 1. The average molecular weight is 458 g/mol. The van der Waals surface area contributed by atoms with Crippen molar-refractivity contribution >= 4 is 5.78 Å². The first kappa shape index (κ1) is 29.9. The Morgan fingerprint density at radius 2 is 1.15 bits per heavy atom. The lowest BCUT2D eigenvalue weighted by Gasteiger charge is -2.11. The zero-order valence-corrected chi connectivity index (χ0v) is 22.2. The third-order valence-electron chi connectivity index (χ3n) is 7.23. The van der Waals surface area contributed by atoms with Crippen molar-refractivity contribution < 1.29 is 4.79 Å². The Morgan fingerprint density at radius 3 is 1.67 bits per heavy atom. The number of carbonyl (C=O) groups excluding carboxylic acids is 1. The van der Waals surface area contributed by atoms with Crippen molar-refractivity contribution in [2.45, 2.75) is 142 Å². The van der Waals surface area contributed by atoms with Crippen LogP contribution in [0, 0.1) is 5.92 Å². The van der Waals surface area contributed by atoms with Crippen LogP contribution in [0.4, 0.5) is 0 Å². The molecule has 0 aliphatic rings. The van der Waals surface area contributed by atoms with Crippen molar-refractivity contribution in [3.05, 3.63) is 35.9 Å². The predicted molar refractivity (Wildman–Crippen MR) is 146 cm³/mol. The minimum atomic E-state index is 0.418. The summed E-state index contributed by atoms with van der Waals surface area (Å²) in [6, 6.07) is 10.4. The van der Waals surface area contributed by atoms with Gasteiger partial charge in [-0.1, -0.05) is 147 Å². The van der Waals surface area contributed by atoms with Gasteiger partial charge in [-0.3, -0.25) is 4.79 Å². The van der Waals surface area contributed by atoms with Gasteiger partial charge >= 0.3 is 0 Å². The molecule has 0 aliphatic carbocycles. The average Bonchev–Trinajstić information content (AvgIpc) is 2.84. The molecular weight excluding hydrogens is 402 g/mol. The largest absolute Gasteiger partial charge is 0.312 e. The maximum Gasteiger partial charge on any atom is 0.134 e. The molecular formula is C31H55NO. The van der Waals surface area contributed by atoms with Crippen LogP contribution in [0.3, 0.4) is 0 Å². The van der Waals surface area contributed by atoms with E-state index in [1.165, 1.54) is 108 Å². The van der Waals surface area contributed by atoms with Crippen LogP contribution in [0.15, 0.2) is 30.3 Å². The Hall–Kier alpha value is -1.15. The Morgan fingerprint density at radius 1 is 0.667 bits per heavy atom. The molecule has 0 saturated carbocycles. The van der Waals surface area contributed by atoms with E-state index in [4.69, 9.17) is 0 Å². The SMILES string of the molecule is CCC(CC)CCCCCCCCCCCCCCCCC(=O)CCNCc1ccccc1. The number of ketones is 1. The van der Waals surface area contributed by atoms with Crippen LogP contribution in [0.2, 0.25) is 0 Å². The van der Waals surface area contributed by atoms with Gasteiger partial charge in [0.25, 0.3) is 0 Å². The van der Waals surface area contributed by atoms with Gasteiger partial charge in [0.15, 0.2) is 0 Å². The van der Waals surface area contributed by atoms with Crippen molar-refractivity contribution in [3.63, 3.8) is 0 Å². The summed E-state index contributed by atoms with van der Waals surface area (Å²) in [5.74, 6) is 1.40. The molecule has 0 spiro atoms. The number of carbonyl (C=O) groups is 1. The molecule has 0 saturated heterocycles. The molecule has 0 unspecified atom stereocenters. The number of unbranched alkanes of at least 4 members (excludes halogenated alkanes) is 13. The van der Waals surface area contributed by atoms with Gasteiger partial charge in [0.2, 0.25) is 0 Å². The van der Waals surface area contributed by atoms with E-state index in [1.54, 1.807) is 0 Å². The zero-order valence-electron chi connectivity index (χ0n) is 22.2. The molecule has 2 heteroatoms. The molecule has 2 nitrogen and oxygen atoms in total. The molecule has 0 bridgehead atoms. The van der Waals surface area contributed by atoms with Crippen LogP contribution in [-0.4, -0.2) is 12.3 Å². The lowest BCUT2D eigenvalue weighted by Crippen LogP contribution is -2.17. The molecule has 190 valence electrons. The first-order valence-electron chi connectivity index (χ1n) is 14.5. The highest BCUT2D eigenvalue weighted by molar-refractivity contribution is 5.78. The van der Waals surface area contributed by atoms with E-state index < -0.39 is 0 Å². The molecule has 0 fully saturated rings. The van der Waals surface area contributed by atoms with Crippen molar-refractivity contribution in [2.24, 2.45) is 5.92 Å². The van der Waals surface area contributed by atoms with E-state index in [0.29, 0.717) is 12.2 Å². The molecule has 1 N–H and O–H groups in total. The summed E-state index contributed by atoms with van der Waals surface area (Å²) in [7, 11) is 0. The highest BCUT2D eigenvalue weighted by Crippen LogP contribution is 2.18. The molecule has 0 radical (unpaired) electrons. The van der Waals surface area contributed by atoms with Crippen LogP contribution >= 0.6 is 0 Å². The van der Waals surface area contributed by atoms with E-state index in [9.17, 15) is 4.79 Å². The fourth-order valence-corrected chi connectivity index (χ4v) is 4.75. The van der Waals surface area contributed by atoms with Gasteiger partial charge in [0, 0.05) is 25.9 Å². The third kappa shape index (κ3) is 18.9. The summed E-state index contributed by atoms with van der Waals surface area (Å²) in [5.41, 5.74) is 1.28. The van der Waals surface area contributed by atoms with Gasteiger partial charge in [-0.15, -0.1) is 0 Å². The summed E-state index contributed by atoms with van der Waals surface area (Å²) in [5, 5.41) is 3.37. The zero-order chi connectivity index (χ0) is 23.8. The normalized spacial score (nSPS) is 11.4. The summed E-state index contributed by atoms with van der Waals surface area (Å²) in [4.78, 5) is 12.0. The highest BCUT2D eigenvalue weighted by Gasteiger charge is 2.03. The monoisotopic (exact) mass is 457 g/mol. The van der Waals surface area contributed by atoms with Gasteiger partial charge in [-0.25, -0.2) is 0 Å². The van der Waals surface area contributed by atoms with E-state index >= 15 is 0 Å². The molecule has 0 heterocycles. The van der Waals surface area contributed by atoms with E-state index in [2.05, 4.69) is 43.4 Å². The van der Waals surface area contributed by atoms with E-state index in [-0.39, 0.29) is 0 Å². The standard InChI is InChI=1S/C31H55NO/c1-3-29(4-2)22-18-15-13-11-9-7-5-6-8-10-12-14-16-21-25-31(33)26-27-32-28-30-23-19-17-20-24-30/h17,19-20,23-24,29,32H,3-16,18,21-22,25-28H2,1-2H3. The van der Waals surface area contributed by atoms with Crippen LogP contribution < -0.4 is 5.32 Å². The second kappa shape index (κ2) is 22.6. The van der Waals surface area contributed by atoms with Gasteiger partial charge in [-0.2, -0.15) is 0 Å². The molecule has 1 rings (SSSR count). The van der Waals surface area contributed by atoms with Crippen LogP contribution in [0.5, 0.6) is 0 Å². The topological polar surface area (TPSA) is 29.1 Å². The van der Waals surface area contributed by atoms with Crippen molar-refractivity contribution in [1.29, 1.82) is 0 Å². The Labute approximate surface area is 206 Å². The summed E-state index contributed by atoms with van der Waals surface area (Å²) in [6.45, 7) is 6.33. The van der Waals surface area contributed by atoms with Crippen molar-refractivity contribution in [3.8, 4) is 0 Å². The molecule has 1 aromatic rings. The van der Waals surface area contributed by atoms with E-state index in [0.717, 1.165) is 31.8 Å². The lowest BCUT2D eigenvalue weighted by molar-refractivity contribution is -0.119. The van der Waals surface area contributed by atoms with Gasteiger partial charge in [0.05, 0.1) is 0 Å². The third-order valence-corrected chi connectivity index (χ3v) is 7.23. The van der Waals surface area contributed by atoms with Gasteiger partial charge in [-0.05, 0) is 17.9 Å². The Kier molecular flexibility index (Phi) is 20.5. The number of Topliss-reactive ketones (excluding diaryl/α,β-unsaturated/α-hetero) is 1. The number of rotatable bonds is 24. The molecule has 0 amide bonds. The minimum absolute atomic E-state index is 0.418. The lowest BCUT2D eigenvalue weighted by atomic mass is 9.95. The van der Waals surface area contributed by atoms with Crippen molar-refractivity contribution in [1.82, 2.24) is 5.32 Å². The van der Waals surface area contributed by atoms with Crippen LogP contribution in [0.25, 0.3) is 0 Å². The maximum absolute atomic E-state index is 12.0. The number of nitrogens with one attached hydrogen (secondary N) is 1. The quantitative estimate of drug-likeness (QED) is 0.157. The molecule has 0 atom stereocenters. The fraction of sp³-hybridized carbons (Fsp3) is 0.774. The summed E-state index contributed by atoms with van der Waals surface area (Å²) >= 11 is 0. The van der Waals surface area contributed by atoms with Crippen LogP contribution in [-0.2, 0) is 11.3 Å².